The summed E-state index contributed by atoms with van der Waals surface area (Å²) in [5.74, 6) is -0.0845. The minimum Gasteiger partial charge on any atom is -0.293 e. The van der Waals surface area contributed by atoms with Crippen LogP contribution in [0.25, 0.3) is 0 Å². The van der Waals surface area contributed by atoms with Gasteiger partial charge in [-0.05, 0) is 12.5 Å². The zero-order valence-corrected chi connectivity index (χ0v) is 10.8. The molecular formula is C10H15NOS2. The number of hydrogen-bond acceptors (Lipinski definition) is 4. The monoisotopic (exact) mass is 229 g/mol. The molecule has 0 spiro atoms. The van der Waals surface area contributed by atoms with E-state index in [2.05, 4.69) is 0 Å². The highest BCUT2D eigenvalue weighted by molar-refractivity contribution is 8.21. The number of Topliss-reactive ketones (excluding diaryl/α,β-unsaturated/α-hetero) is 1. The molecule has 0 rings (SSSR count). The van der Waals surface area contributed by atoms with Crippen LogP contribution < -0.4 is 0 Å². The molecule has 78 valence electrons. The zero-order chi connectivity index (χ0) is 11.4. The fraction of sp³-hybridized carbons (Fsp3) is 0.600. The van der Waals surface area contributed by atoms with Crippen molar-refractivity contribution in [1.82, 2.24) is 0 Å². The van der Waals surface area contributed by atoms with Crippen molar-refractivity contribution >= 4 is 29.3 Å². The van der Waals surface area contributed by atoms with Crippen LogP contribution in [0.3, 0.4) is 0 Å². The molecule has 0 heterocycles. The van der Waals surface area contributed by atoms with Crippen LogP contribution in [0.1, 0.15) is 20.8 Å². The van der Waals surface area contributed by atoms with Crippen molar-refractivity contribution in [1.29, 1.82) is 5.26 Å². The third kappa shape index (κ3) is 3.39. The molecule has 0 amide bonds. The first-order valence-corrected chi connectivity index (χ1v) is 6.60. The van der Waals surface area contributed by atoms with Crippen molar-refractivity contribution in [2.75, 3.05) is 12.5 Å². The largest absolute Gasteiger partial charge is 0.293 e. The third-order valence-electron chi connectivity index (χ3n) is 1.59. The van der Waals surface area contributed by atoms with Gasteiger partial charge in [-0.25, -0.2) is 0 Å². The van der Waals surface area contributed by atoms with Gasteiger partial charge in [-0.3, -0.25) is 4.79 Å². The van der Waals surface area contributed by atoms with Gasteiger partial charge in [0.15, 0.2) is 5.78 Å². The molecule has 0 radical (unpaired) electrons. The first kappa shape index (κ1) is 13.6. The molecule has 0 aromatic rings. The highest BCUT2D eigenvalue weighted by atomic mass is 32.2. The van der Waals surface area contributed by atoms with Crippen molar-refractivity contribution in [3.8, 4) is 6.07 Å². The van der Waals surface area contributed by atoms with Crippen LogP contribution in [-0.2, 0) is 4.79 Å². The van der Waals surface area contributed by atoms with E-state index in [9.17, 15) is 4.79 Å². The van der Waals surface area contributed by atoms with Crippen LogP contribution in [0.2, 0.25) is 0 Å². The summed E-state index contributed by atoms with van der Waals surface area (Å²) in [4.78, 5) is 11.8. The summed E-state index contributed by atoms with van der Waals surface area (Å²) in [5, 5.41) is 8.94. The zero-order valence-electron chi connectivity index (χ0n) is 9.17. The average molecular weight is 229 g/mol. The number of allylic oxidation sites excluding steroid dienone is 1. The summed E-state index contributed by atoms with van der Waals surface area (Å²) in [6.45, 7) is 5.47. The van der Waals surface area contributed by atoms with E-state index in [1.54, 1.807) is 0 Å². The van der Waals surface area contributed by atoms with Gasteiger partial charge in [0.1, 0.15) is 11.6 Å². The lowest BCUT2D eigenvalue weighted by Crippen LogP contribution is -2.22. The fourth-order valence-corrected chi connectivity index (χ4v) is 2.20. The SMILES string of the molecule is CSC(SC)=C(C#N)C(=O)C(C)(C)C. The lowest BCUT2D eigenvalue weighted by molar-refractivity contribution is -0.122. The summed E-state index contributed by atoms with van der Waals surface area (Å²) < 4.78 is 0.799. The molecule has 0 atom stereocenters. The highest BCUT2D eigenvalue weighted by Crippen LogP contribution is 2.31. The summed E-state index contributed by atoms with van der Waals surface area (Å²) >= 11 is 2.89. The van der Waals surface area contributed by atoms with Crippen LogP contribution >= 0.6 is 23.5 Å². The number of carbonyl (C=O) groups excluding carboxylic acids is 1. The van der Waals surface area contributed by atoms with Crippen LogP contribution in [0.4, 0.5) is 0 Å². The molecule has 0 saturated carbocycles. The van der Waals surface area contributed by atoms with Gasteiger partial charge < -0.3 is 0 Å². The maximum Gasteiger partial charge on any atom is 0.180 e. The second-order valence-corrected chi connectivity index (χ2v) is 5.65. The molecule has 0 aliphatic carbocycles. The Labute approximate surface area is 94.1 Å². The van der Waals surface area contributed by atoms with E-state index in [1.807, 2.05) is 39.4 Å². The van der Waals surface area contributed by atoms with Gasteiger partial charge in [0, 0.05) is 5.41 Å². The lowest BCUT2D eigenvalue weighted by atomic mass is 9.87. The van der Waals surface area contributed by atoms with Crippen LogP contribution in [0.15, 0.2) is 9.81 Å². The van der Waals surface area contributed by atoms with E-state index < -0.39 is 5.41 Å². The first-order valence-electron chi connectivity index (χ1n) is 4.15. The normalized spacial score (nSPS) is 10.6. The van der Waals surface area contributed by atoms with Gasteiger partial charge in [0.25, 0.3) is 0 Å². The molecule has 4 heteroatoms. The predicted octanol–water partition coefficient (Wildman–Crippen LogP) is 3.06. The number of thioether (sulfide) groups is 2. The number of ketones is 1. The Morgan fingerprint density at radius 1 is 1.21 bits per heavy atom. The molecule has 14 heavy (non-hydrogen) atoms. The summed E-state index contributed by atoms with van der Waals surface area (Å²) in [6, 6.07) is 2.00. The number of nitriles is 1. The maximum atomic E-state index is 11.8. The lowest BCUT2D eigenvalue weighted by Gasteiger charge is -2.16. The molecule has 0 aliphatic heterocycles. The Bertz CT molecular complexity index is 288. The quantitative estimate of drug-likeness (QED) is 0.551. The first-order chi connectivity index (χ1) is 6.38. The van der Waals surface area contributed by atoms with Crippen LogP contribution in [0, 0.1) is 16.7 Å². The molecule has 0 fully saturated rings. The van der Waals surface area contributed by atoms with E-state index >= 15 is 0 Å². The molecule has 0 unspecified atom stereocenters. The van der Waals surface area contributed by atoms with Crippen molar-refractivity contribution < 1.29 is 4.79 Å². The predicted molar refractivity (Wildman–Crippen MR) is 64.1 cm³/mol. The van der Waals surface area contributed by atoms with Gasteiger partial charge in [-0.15, -0.1) is 23.5 Å². The smallest absolute Gasteiger partial charge is 0.180 e. The van der Waals surface area contributed by atoms with E-state index in [0.29, 0.717) is 0 Å². The second-order valence-electron chi connectivity index (χ2n) is 3.76. The number of hydrogen-bond donors (Lipinski definition) is 0. The van der Waals surface area contributed by atoms with Gasteiger partial charge in [-0.1, -0.05) is 20.8 Å². The Hall–Kier alpha value is -0.400. The maximum absolute atomic E-state index is 11.8. The molecule has 2 nitrogen and oxygen atoms in total. The number of carbonyl (C=O) groups is 1. The summed E-state index contributed by atoms with van der Waals surface area (Å²) in [5.41, 5.74) is -0.195. The minimum absolute atomic E-state index is 0.0845. The molecule has 0 bridgehead atoms. The van der Waals surface area contributed by atoms with Crippen molar-refractivity contribution in [3.05, 3.63) is 9.81 Å². The Morgan fingerprint density at radius 3 is 1.86 bits per heavy atom. The average Bonchev–Trinajstić information content (AvgIpc) is 2.11. The molecule has 0 saturated heterocycles. The Balaban J connectivity index is 5.22. The summed E-state index contributed by atoms with van der Waals surface area (Å²) in [6.07, 6.45) is 3.75. The number of rotatable bonds is 3. The van der Waals surface area contributed by atoms with Gasteiger partial charge >= 0.3 is 0 Å². The third-order valence-corrected chi connectivity index (χ3v) is 3.74. The molecule has 0 aliphatic rings. The van der Waals surface area contributed by atoms with Crippen molar-refractivity contribution in [2.24, 2.45) is 5.41 Å². The van der Waals surface area contributed by atoms with E-state index in [1.165, 1.54) is 23.5 Å². The topological polar surface area (TPSA) is 40.9 Å². The fourth-order valence-electron chi connectivity index (χ4n) is 0.852. The second kappa shape index (κ2) is 5.47. The number of nitrogens with zero attached hydrogens (tertiary/aromatic N) is 1. The molecular weight excluding hydrogens is 214 g/mol. The molecule has 0 aromatic heterocycles. The van der Waals surface area contributed by atoms with E-state index in [4.69, 9.17) is 5.26 Å². The van der Waals surface area contributed by atoms with Gasteiger partial charge in [0.2, 0.25) is 0 Å². The van der Waals surface area contributed by atoms with Gasteiger partial charge in [0.05, 0.1) is 4.24 Å². The van der Waals surface area contributed by atoms with Crippen LogP contribution in [0.5, 0.6) is 0 Å². The standard InChI is InChI=1S/C10H15NOS2/c1-10(2,3)8(12)7(6-11)9(13-4)14-5/h1-5H3. The minimum atomic E-state index is -0.484. The Morgan fingerprint density at radius 2 is 1.64 bits per heavy atom. The van der Waals surface area contributed by atoms with Crippen molar-refractivity contribution in [2.45, 2.75) is 20.8 Å². The van der Waals surface area contributed by atoms with Crippen LogP contribution in [-0.4, -0.2) is 18.3 Å². The van der Waals surface area contributed by atoms with E-state index in [0.717, 1.165) is 4.24 Å². The van der Waals surface area contributed by atoms with E-state index in [-0.39, 0.29) is 11.4 Å². The molecule has 0 N–H and O–H groups in total. The van der Waals surface area contributed by atoms with Crippen molar-refractivity contribution in [3.63, 3.8) is 0 Å². The summed E-state index contributed by atoms with van der Waals surface area (Å²) in [7, 11) is 0. The highest BCUT2D eigenvalue weighted by Gasteiger charge is 2.27. The Kier molecular flexibility index (Phi) is 5.32. The molecule has 0 aromatic carbocycles. The van der Waals surface area contributed by atoms with Gasteiger partial charge in [-0.2, -0.15) is 5.26 Å².